The van der Waals surface area contributed by atoms with Gasteiger partial charge in [0.25, 0.3) is 0 Å². The predicted octanol–water partition coefficient (Wildman–Crippen LogP) is 0.878. The van der Waals surface area contributed by atoms with E-state index in [-0.39, 0.29) is 0 Å². The van der Waals surface area contributed by atoms with Crippen LogP contribution in [0.15, 0.2) is 36.4 Å². The summed E-state index contributed by atoms with van der Waals surface area (Å²) in [6, 6.07) is 13.0. The van der Waals surface area contributed by atoms with Gasteiger partial charge in [-0.3, -0.25) is 0 Å². The first-order valence-electron chi connectivity index (χ1n) is 4.73. The van der Waals surface area contributed by atoms with Gasteiger partial charge in [-0.25, -0.2) is 0 Å². The van der Waals surface area contributed by atoms with Gasteiger partial charge in [0.1, 0.15) is 0 Å². The first-order chi connectivity index (χ1) is 6.95. The molecule has 0 saturated carbocycles. The van der Waals surface area contributed by atoms with Crippen LogP contribution in [0.1, 0.15) is 0 Å². The summed E-state index contributed by atoms with van der Waals surface area (Å²) in [7, 11) is 0.834. The molecule has 3 rings (SSSR count). The molecule has 0 aromatic heterocycles. The highest BCUT2D eigenvalue weighted by molar-refractivity contribution is 6.65. The molecule has 0 amide bonds. The second-order valence-electron chi connectivity index (χ2n) is 3.43. The molecule has 14 heavy (non-hydrogen) atoms. The van der Waals surface area contributed by atoms with Gasteiger partial charge < -0.3 is 0 Å². The molecule has 0 aliphatic carbocycles. The monoisotopic (exact) mass is 193 g/mol. The Labute approximate surface area is 84.6 Å². The lowest BCUT2D eigenvalue weighted by Gasteiger charge is -2.00. The second-order valence-corrected chi connectivity index (χ2v) is 4.39. The van der Waals surface area contributed by atoms with Gasteiger partial charge in [0.2, 0.25) is 0 Å². The van der Waals surface area contributed by atoms with Crippen molar-refractivity contribution in [1.29, 1.82) is 0 Å². The van der Waals surface area contributed by atoms with Crippen molar-refractivity contribution in [2.45, 2.75) is 0 Å². The molecule has 0 bridgehead atoms. The lowest BCUT2D eigenvalue weighted by molar-refractivity contribution is 1.60. The van der Waals surface area contributed by atoms with Crippen LogP contribution in [-0.2, 0) is 0 Å². The molecule has 65 valence electrons. The van der Waals surface area contributed by atoms with E-state index in [0.717, 1.165) is 9.13 Å². The van der Waals surface area contributed by atoms with E-state index in [0.29, 0.717) is 0 Å². The molecule has 0 spiro atoms. The Kier molecular flexibility index (Phi) is 1.71. The highest BCUT2D eigenvalue weighted by Crippen LogP contribution is 2.06. The van der Waals surface area contributed by atoms with Gasteiger partial charge in [-0.05, 0) is 21.2 Å². The summed E-state index contributed by atoms with van der Waals surface area (Å²) >= 11 is 0. The van der Waals surface area contributed by atoms with Crippen LogP contribution in [0, 0.1) is 0 Å². The van der Waals surface area contributed by atoms with Crippen molar-refractivity contribution in [3.63, 3.8) is 0 Å². The zero-order valence-corrected chi connectivity index (χ0v) is 8.70. The third-order valence-electron chi connectivity index (χ3n) is 2.59. The molecule has 0 fully saturated rings. The molecule has 1 heteroatoms. The van der Waals surface area contributed by atoms with E-state index in [1.165, 1.54) is 21.2 Å². The summed E-state index contributed by atoms with van der Waals surface area (Å²) in [4.78, 5) is 0. The van der Waals surface area contributed by atoms with Gasteiger partial charge in [-0.15, -0.1) is 0 Å². The fraction of sp³-hybridized carbons (Fsp3) is 0. The topological polar surface area (TPSA) is 0 Å². The van der Waals surface area contributed by atoms with Gasteiger partial charge in [0.05, 0.1) is 9.13 Å². The predicted molar refractivity (Wildman–Crippen MR) is 63.9 cm³/mol. The Hall–Kier alpha value is -1.47. The second kappa shape index (κ2) is 3.03. The minimum absolute atomic E-state index is 0.834. The molecular formula is C13H9Si. The van der Waals surface area contributed by atoms with Crippen LogP contribution in [0.3, 0.4) is 0 Å². The molecular weight excluding hydrogens is 184 g/mol. The van der Waals surface area contributed by atoms with Crippen LogP contribution in [0.25, 0.3) is 22.5 Å². The number of benzene rings is 2. The maximum absolute atomic E-state index is 2.31. The van der Waals surface area contributed by atoms with E-state index < -0.39 is 0 Å². The summed E-state index contributed by atoms with van der Waals surface area (Å²) in [5, 5.41) is 5.45. The largest absolute Gasteiger partial charge is 0.0766 e. The maximum Gasteiger partial charge on any atom is 0.0512 e. The van der Waals surface area contributed by atoms with Crippen molar-refractivity contribution in [3.05, 3.63) is 46.8 Å². The Morgan fingerprint density at radius 2 is 1.86 bits per heavy atom. The molecule has 0 N–H and O–H groups in total. The zero-order valence-electron chi connectivity index (χ0n) is 7.70. The van der Waals surface area contributed by atoms with Crippen LogP contribution < -0.4 is 10.4 Å². The smallest absolute Gasteiger partial charge is 0.0512 e. The van der Waals surface area contributed by atoms with E-state index in [9.17, 15) is 0 Å². The first-order valence-corrected chi connectivity index (χ1v) is 5.88. The number of fused-ring (bicyclic) bond motifs is 3. The number of rotatable bonds is 0. The molecule has 0 atom stereocenters. The van der Waals surface area contributed by atoms with Crippen LogP contribution in [0.5, 0.6) is 0 Å². The highest BCUT2D eigenvalue weighted by atomic mass is 28.2. The van der Waals surface area contributed by atoms with Gasteiger partial charge >= 0.3 is 0 Å². The summed E-state index contributed by atoms with van der Waals surface area (Å²) in [5.41, 5.74) is 4.55. The Bertz CT molecular complexity index is 636. The van der Waals surface area contributed by atoms with Gasteiger partial charge in [0, 0.05) is 0 Å². The fourth-order valence-corrected chi connectivity index (χ4v) is 2.68. The van der Waals surface area contributed by atoms with Crippen molar-refractivity contribution >= 4 is 37.4 Å². The number of hydrogen-bond acceptors (Lipinski definition) is 0. The van der Waals surface area contributed by atoms with Crippen LogP contribution >= 0.6 is 0 Å². The Balaban J connectivity index is 2.63. The lowest BCUT2D eigenvalue weighted by Crippen LogP contribution is -2.27. The molecule has 1 heterocycles. The quantitative estimate of drug-likeness (QED) is 0.545. The minimum Gasteiger partial charge on any atom is -0.0766 e. The fourth-order valence-electron chi connectivity index (χ4n) is 1.89. The van der Waals surface area contributed by atoms with Gasteiger partial charge in [-0.2, -0.15) is 0 Å². The van der Waals surface area contributed by atoms with Crippen molar-refractivity contribution in [3.8, 4) is 0 Å². The lowest BCUT2D eigenvalue weighted by atomic mass is 10.1. The van der Waals surface area contributed by atoms with Crippen molar-refractivity contribution in [2.75, 3.05) is 0 Å². The highest BCUT2D eigenvalue weighted by Gasteiger charge is 1.95. The molecule has 2 aromatic carbocycles. The zero-order chi connectivity index (χ0) is 9.38. The van der Waals surface area contributed by atoms with Crippen molar-refractivity contribution < 1.29 is 0 Å². The summed E-state index contributed by atoms with van der Waals surface area (Å²) in [6.45, 7) is 0. The first kappa shape index (κ1) is 7.89. The van der Waals surface area contributed by atoms with E-state index >= 15 is 0 Å². The van der Waals surface area contributed by atoms with Gasteiger partial charge in [-0.1, -0.05) is 53.8 Å². The minimum atomic E-state index is 0.834. The van der Waals surface area contributed by atoms with Crippen LogP contribution in [0.2, 0.25) is 0 Å². The summed E-state index contributed by atoms with van der Waals surface area (Å²) < 4.78 is 0. The third-order valence-corrected chi connectivity index (χ3v) is 3.43. The Morgan fingerprint density at radius 3 is 2.86 bits per heavy atom. The van der Waals surface area contributed by atoms with Crippen molar-refractivity contribution in [1.82, 2.24) is 0 Å². The normalized spacial score (nSPS) is 13.1. The van der Waals surface area contributed by atoms with E-state index in [1.807, 2.05) is 0 Å². The molecule has 2 aromatic rings. The van der Waals surface area contributed by atoms with E-state index in [2.05, 4.69) is 53.8 Å². The van der Waals surface area contributed by atoms with Crippen molar-refractivity contribution in [2.24, 2.45) is 0 Å². The number of hydrogen-bond donors (Lipinski definition) is 0. The van der Waals surface area contributed by atoms with E-state index in [1.54, 1.807) is 0 Å². The molecule has 0 unspecified atom stereocenters. The van der Waals surface area contributed by atoms with E-state index in [4.69, 9.17) is 0 Å². The average molecular weight is 193 g/mol. The average Bonchev–Trinajstić information content (AvgIpc) is 2.29. The summed E-state index contributed by atoms with van der Waals surface area (Å²) in [6.07, 6.45) is 2.25. The maximum atomic E-state index is 2.31. The standard InChI is InChI=1S/C13H9Si/c1-2-4-12-10(3-1)5-6-11-9-14-8-7-13(11)12/h1-9H. The molecule has 1 aliphatic heterocycles. The third kappa shape index (κ3) is 1.10. The molecule has 0 nitrogen and oxygen atoms in total. The summed E-state index contributed by atoms with van der Waals surface area (Å²) in [5.74, 6) is 0. The van der Waals surface area contributed by atoms with Crippen LogP contribution in [-0.4, -0.2) is 14.8 Å². The van der Waals surface area contributed by atoms with Gasteiger partial charge in [0.15, 0.2) is 0 Å². The molecule has 1 aliphatic rings. The Morgan fingerprint density at radius 1 is 0.929 bits per heavy atom. The molecule has 0 saturated heterocycles. The molecule has 1 radical (unpaired) electrons. The SMILES string of the molecule is C1=[Si]C=c2ccc3ccccc3c2=C1. The van der Waals surface area contributed by atoms with Crippen LogP contribution in [0.4, 0.5) is 0 Å².